The molecule has 192 valence electrons. The summed E-state index contributed by atoms with van der Waals surface area (Å²) >= 11 is 6.08. The molecule has 3 aromatic rings. The van der Waals surface area contributed by atoms with Crippen molar-refractivity contribution in [1.29, 1.82) is 0 Å². The maximum Gasteiger partial charge on any atom is 1.00 e. The summed E-state index contributed by atoms with van der Waals surface area (Å²) in [6.45, 7) is 4.35. The minimum absolute atomic E-state index is 0. The number of hydrogen-bond acceptors (Lipinski definition) is 7. The van der Waals surface area contributed by atoms with Gasteiger partial charge in [0.15, 0.2) is 5.75 Å². The topological polar surface area (TPSA) is 138 Å². The molecule has 0 fully saturated rings. The summed E-state index contributed by atoms with van der Waals surface area (Å²) in [4.78, 5) is 23.5. The van der Waals surface area contributed by atoms with E-state index in [4.69, 9.17) is 45.9 Å². The monoisotopic (exact) mass is 555 g/mol. The van der Waals surface area contributed by atoms with Gasteiger partial charge in [-0.2, -0.15) is 0 Å². The molecule has 0 radical (unpaired) electrons. The van der Waals surface area contributed by atoms with Crippen LogP contribution in [-0.4, -0.2) is 40.0 Å². The molecule has 0 aliphatic heterocycles. The van der Waals surface area contributed by atoms with E-state index < -0.39 is 12.1 Å². The van der Waals surface area contributed by atoms with E-state index in [0.717, 1.165) is 16.9 Å². The van der Waals surface area contributed by atoms with Gasteiger partial charge in [0.25, 0.3) is 5.88 Å². The zero-order valence-electron chi connectivity index (χ0n) is 20.8. The Morgan fingerprint density at radius 2 is 1.76 bits per heavy atom. The number of aryl methyl sites for hydroxylation is 2. The van der Waals surface area contributed by atoms with E-state index in [2.05, 4.69) is 4.98 Å². The van der Waals surface area contributed by atoms with E-state index in [9.17, 15) is 4.79 Å². The van der Waals surface area contributed by atoms with Gasteiger partial charge in [0.1, 0.15) is 17.6 Å². The van der Waals surface area contributed by atoms with Crippen LogP contribution in [0.25, 0.3) is 0 Å². The van der Waals surface area contributed by atoms with E-state index in [1.807, 2.05) is 62.4 Å². The average molecular weight is 556 g/mol. The zero-order chi connectivity index (χ0) is 26.5. The molecule has 2 N–H and O–H groups in total. The van der Waals surface area contributed by atoms with Crippen LogP contribution < -0.4 is 70.7 Å². The van der Waals surface area contributed by atoms with E-state index >= 15 is 0 Å². The minimum atomic E-state index is -2.08. The summed E-state index contributed by atoms with van der Waals surface area (Å²) < 4.78 is 17.7. The second-order valence-electron chi connectivity index (χ2n) is 7.69. The van der Waals surface area contributed by atoms with Crippen LogP contribution in [0.4, 0.5) is 4.79 Å². The molecule has 9 nitrogen and oxygen atoms in total. The summed E-state index contributed by atoms with van der Waals surface area (Å²) in [6.07, 6.45) is 0.526. The Morgan fingerprint density at radius 1 is 1.08 bits per heavy atom. The van der Waals surface area contributed by atoms with Crippen molar-refractivity contribution in [1.82, 2.24) is 4.98 Å². The molecule has 0 spiro atoms. The predicted molar refractivity (Wildman–Crippen MR) is 131 cm³/mol. The fourth-order valence-corrected chi connectivity index (χ4v) is 3.21. The van der Waals surface area contributed by atoms with E-state index in [1.54, 1.807) is 6.07 Å². The van der Waals surface area contributed by atoms with Gasteiger partial charge in [-0.1, -0.05) is 35.9 Å². The molecule has 3 rings (SSSR count). The van der Waals surface area contributed by atoms with Crippen molar-refractivity contribution in [3.63, 3.8) is 0 Å². The van der Waals surface area contributed by atoms with Crippen LogP contribution in [0.2, 0.25) is 5.02 Å². The maximum atomic E-state index is 10.8. The van der Waals surface area contributed by atoms with Crippen LogP contribution in [0.1, 0.15) is 30.9 Å². The number of halogens is 1. The Labute approximate surface area is 262 Å². The number of aromatic nitrogens is 1. The maximum absolute atomic E-state index is 10.8. The van der Waals surface area contributed by atoms with Crippen LogP contribution in [0.15, 0.2) is 60.8 Å². The standard InChI is InChI=1S/C25H26ClNO5.CH2O3.K/c1-17-14-22(10-8-19(17)9-11-24(28)29)30-13-12-18(2)31-25-23(15-20(26)16-27-25)32-21-6-4-3-5-7-21;2-1(3)4;/h3-8,10,14-16,18H,9,11-13H2,1-2H3,(H,28,29);(H2,2,3,4);/q;;+1/p-1. The molecule has 1 heterocycles. The van der Waals surface area contributed by atoms with E-state index in [1.165, 1.54) is 6.20 Å². The number of carbonyl (C=O) groups is 2. The molecule has 1 unspecified atom stereocenters. The molecule has 0 aliphatic carbocycles. The largest absolute Gasteiger partial charge is 1.00 e. The number of ether oxygens (including phenoxy) is 3. The molecule has 37 heavy (non-hydrogen) atoms. The van der Waals surface area contributed by atoms with Gasteiger partial charge >= 0.3 is 57.4 Å². The first kappa shape index (κ1) is 32.7. The Morgan fingerprint density at radius 3 is 2.38 bits per heavy atom. The van der Waals surface area contributed by atoms with Crippen LogP contribution in [0.3, 0.4) is 0 Å². The first-order chi connectivity index (χ1) is 17.1. The molecular formula is C26H27ClKNO8. The van der Waals surface area contributed by atoms with Crippen molar-refractivity contribution < 1.29 is 90.5 Å². The molecule has 0 saturated carbocycles. The van der Waals surface area contributed by atoms with Gasteiger partial charge < -0.3 is 34.3 Å². The van der Waals surface area contributed by atoms with E-state index in [-0.39, 0.29) is 63.9 Å². The number of pyridine rings is 1. The Hall–Kier alpha value is -2.34. The Balaban J connectivity index is 0.00000127. The molecule has 1 atom stereocenters. The SMILES string of the molecule is Cc1cc(OCCC(C)Oc2ncc(Cl)cc2Oc2ccccc2)ccc1CCC(=O)O.O=C([O-])O.[K+]. The number of benzene rings is 2. The smallest absolute Gasteiger partial charge is 0.565 e. The molecule has 1 aromatic heterocycles. The van der Waals surface area contributed by atoms with Crippen molar-refractivity contribution in [3.05, 3.63) is 76.9 Å². The number of hydrogen-bond donors (Lipinski definition) is 2. The molecule has 11 heteroatoms. The first-order valence-electron chi connectivity index (χ1n) is 11.0. The van der Waals surface area contributed by atoms with Crippen molar-refractivity contribution in [2.75, 3.05) is 6.61 Å². The van der Waals surface area contributed by atoms with Crippen molar-refractivity contribution in [2.45, 2.75) is 39.2 Å². The summed E-state index contributed by atoms with van der Waals surface area (Å²) in [7, 11) is 0. The predicted octanol–water partition coefficient (Wildman–Crippen LogP) is 1.98. The second kappa shape index (κ2) is 17.2. The van der Waals surface area contributed by atoms with Gasteiger partial charge in [-0.15, -0.1) is 0 Å². The number of rotatable bonds is 11. The van der Waals surface area contributed by atoms with Crippen LogP contribution in [0, 0.1) is 6.92 Å². The number of carboxylic acids is 1. The molecule has 0 saturated heterocycles. The quantitative estimate of drug-likeness (QED) is 0.340. The average Bonchev–Trinajstić information content (AvgIpc) is 2.80. The third kappa shape index (κ3) is 13.1. The van der Waals surface area contributed by atoms with Gasteiger partial charge in [-0.05, 0) is 55.7 Å². The summed E-state index contributed by atoms with van der Waals surface area (Å²) in [5.41, 5.74) is 2.03. The van der Waals surface area contributed by atoms with Crippen molar-refractivity contribution in [3.8, 4) is 23.1 Å². The fraction of sp³-hybridized carbons (Fsp3) is 0.269. The first-order valence-corrected chi connectivity index (χ1v) is 11.4. The van der Waals surface area contributed by atoms with Gasteiger partial charge in [-0.3, -0.25) is 4.79 Å². The van der Waals surface area contributed by atoms with Crippen molar-refractivity contribution >= 4 is 23.7 Å². The Bertz CT molecular complexity index is 1140. The summed E-state index contributed by atoms with van der Waals surface area (Å²) in [5.74, 6) is 1.42. The number of aliphatic carboxylic acids is 1. The minimum Gasteiger partial charge on any atom is -0.565 e. The number of para-hydroxylation sites is 1. The van der Waals surface area contributed by atoms with Gasteiger partial charge in [0, 0.05) is 25.1 Å². The summed E-state index contributed by atoms with van der Waals surface area (Å²) in [6, 6.07) is 16.7. The molecule has 0 aliphatic rings. The Kier molecular flexibility index (Phi) is 15.2. The third-order valence-corrected chi connectivity index (χ3v) is 4.99. The molecular weight excluding hydrogens is 529 g/mol. The number of nitrogens with zero attached hydrogens (tertiary/aromatic N) is 1. The van der Waals surface area contributed by atoms with Crippen LogP contribution in [0.5, 0.6) is 23.1 Å². The van der Waals surface area contributed by atoms with Gasteiger partial charge in [-0.25, -0.2) is 4.98 Å². The third-order valence-electron chi connectivity index (χ3n) is 4.78. The number of carboxylic acid groups (broad SMARTS) is 3. The van der Waals surface area contributed by atoms with Crippen molar-refractivity contribution in [2.24, 2.45) is 0 Å². The van der Waals surface area contributed by atoms with E-state index in [0.29, 0.717) is 41.9 Å². The molecule has 0 bridgehead atoms. The zero-order valence-corrected chi connectivity index (χ0v) is 24.7. The normalized spacial score (nSPS) is 10.7. The summed E-state index contributed by atoms with van der Waals surface area (Å²) in [5, 5.41) is 24.6. The van der Waals surface area contributed by atoms with Crippen LogP contribution >= 0.6 is 11.6 Å². The fourth-order valence-electron chi connectivity index (χ4n) is 3.06. The molecule has 2 aromatic carbocycles. The van der Waals surface area contributed by atoms with Crippen LogP contribution in [-0.2, 0) is 11.2 Å². The van der Waals surface area contributed by atoms with Gasteiger partial charge in [0.2, 0.25) is 6.16 Å². The van der Waals surface area contributed by atoms with Gasteiger partial charge in [0.05, 0.1) is 11.6 Å². The second-order valence-corrected chi connectivity index (χ2v) is 8.12. The molecule has 0 amide bonds.